The molecule has 5 nitrogen and oxygen atoms in total. The number of amides is 1. The monoisotopic (exact) mass is 378 g/mol. The topological polar surface area (TPSA) is 52.5 Å². The predicted octanol–water partition coefficient (Wildman–Crippen LogP) is 4.44. The first-order valence-electron chi connectivity index (χ1n) is 9.83. The molecule has 0 spiro atoms. The van der Waals surface area contributed by atoms with Crippen molar-refractivity contribution in [2.24, 2.45) is 0 Å². The third-order valence-electron chi connectivity index (χ3n) is 5.17. The maximum absolute atomic E-state index is 12.7. The van der Waals surface area contributed by atoms with Gasteiger partial charge in [-0.1, -0.05) is 24.3 Å². The first-order chi connectivity index (χ1) is 13.6. The molecule has 0 bridgehead atoms. The van der Waals surface area contributed by atoms with Crippen molar-refractivity contribution in [3.63, 3.8) is 0 Å². The molecule has 0 aliphatic carbocycles. The van der Waals surface area contributed by atoms with Crippen LogP contribution in [0.4, 0.5) is 0 Å². The Morgan fingerprint density at radius 1 is 1.14 bits per heavy atom. The number of aryl methyl sites for hydroxylation is 1. The number of para-hydroxylation sites is 1. The van der Waals surface area contributed by atoms with Crippen LogP contribution in [-0.2, 0) is 11.3 Å². The summed E-state index contributed by atoms with van der Waals surface area (Å²) in [7, 11) is 0. The van der Waals surface area contributed by atoms with E-state index in [2.05, 4.69) is 47.3 Å². The van der Waals surface area contributed by atoms with Crippen LogP contribution in [0, 0.1) is 0 Å². The van der Waals surface area contributed by atoms with Gasteiger partial charge in [-0.2, -0.15) is 0 Å². The van der Waals surface area contributed by atoms with Crippen LogP contribution >= 0.6 is 0 Å². The molecule has 0 radical (unpaired) electrons. The van der Waals surface area contributed by atoms with E-state index in [0.29, 0.717) is 6.42 Å². The minimum Gasteiger partial charge on any atom is -0.454 e. The van der Waals surface area contributed by atoms with Crippen molar-refractivity contribution >= 4 is 16.8 Å². The number of rotatable bonds is 6. The SMILES string of the molecule is CCn1cc([C@H](CC(=O)NC(C)C)c2ccc3c(c2)OCO3)c2ccccc21. The molecule has 1 aliphatic heterocycles. The molecule has 0 saturated carbocycles. The smallest absolute Gasteiger partial charge is 0.231 e. The van der Waals surface area contributed by atoms with Crippen LogP contribution in [0.15, 0.2) is 48.7 Å². The average molecular weight is 378 g/mol. The standard InChI is InChI=1S/C23H26N2O3/c1-4-25-13-19(17-7-5-6-8-20(17)25)18(12-23(26)24-15(2)3)16-9-10-21-22(11-16)28-14-27-21/h5-11,13,15,18H,4,12,14H2,1-3H3,(H,24,26)/t18-/m1/s1. The molecule has 146 valence electrons. The molecule has 3 aromatic rings. The maximum atomic E-state index is 12.7. The van der Waals surface area contributed by atoms with E-state index >= 15 is 0 Å². The fraction of sp³-hybridized carbons (Fsp3) is 0.348. The summed E-state index contributed by atoms with van der Waals surface area (Å²) in [6.07, 6.45) is 2.57. The van der Waals surface area contributed by atoms with Gasteiger partial charge in [0.05, 0.1) is 0 Å². The molecule has 28 heavy (non-hydrogen) atoms. The fourth-order valence-electron chi connectivity index (χ4n) is 3.92. The van der Waals surface area contributed by atoms with E-state index in [9.17, 15) is 4.79 Å². The molecular formula is C23H26N2O3. The lowest BCUT2D eigenvalue weighted by Gasteiger charge is -2.18. The molecular weight excluding hydrogens is 352 g/mol. The Morgan fingerprint density at radius 3 is 2.71 bits per heavy atom. The molecule has 0 saturated heterocycles. The summed E-state index contributed by atoms with van der Waals surface area (Å²) >= 11 is 0. The van der Waals surface area contributed by atoms with Crippen LogP contribution in [0.25, 0.3) is 10.9 Å². The average Bonchev–Trinajstić information content (AvgIpc) is 3.29. The molecule has 1 amide bonds. The summed E-state index contributed by atoms with van der Waals surface area (Å²) in [6.45, 7) is 7.23. The molecule has 0 fully saturated rings. The highest BCUT2D eigenvalue weighted by Crippen LogP contribution is 2.40. The highest BCUT2D eigenvalue weighted by molar-refractivity contribution is 5.86. The van der Waals surface area contributed by atoms with Crippen LogP contribution in [0.5, 0.6) is 11.5 Å². The van der Waals surface area contributed by atoms with Gasteiger partial charge in [0.2, 0.25) is 12.7 Å². The minimum absolute atomic E-state index is 0.0472. The van der Waals surface area contributed by atoms with Gasteiger partial charge < -0.3 is 19.4 Å². The van der Waals surface area contributed by atoms with Gasteiger partial charge in [-0.3, -0.25) is 4.79 Å². The Balaban J connectivity index is 1.80. The van der Waals surface area contributed by atoms with Crippen molar-refractivity contribution in [1.29, 1.82) is 0 Å². The first kappa shape index (κ1) is 18.4. The zero-order valence-corrected chi connectivity index (χ0v) is 16.6. The predicted molar refractivity (Wildman–Crippen MR) is 110 cm³/mol. The molecule has 1 aliphatic rings. The Bertz CT molecular complexity index is 1010. The number of nitrogens with zero attached hydrogens (tertiary/aromatic N) is 1. The van der Waals surface area contributed by atoms with Crippen LogP contribution in [0.2, 0.25) is 0 Å². The number of carbonyl (C=O) groups is 1. The maximum Gasteiger partial charge on any atom is 0.231 e. The van der Waals surface area contributed by atoms with Gasteiger partial charge in [-0.25, -0.2) is 0 Å². The summed E-state index contributed by atoms with van der Waals surface area (Å²) in [5.74, 6) is 1.48. The van der Waals surface area contributed by atoms with Crippen LogP contribution < -0.4 is 14.8 Å². The lowest BCUT2D eigenvalue weighted by Crippen LogP contribution is -2.31. The van der Waals surface area contributed by atoms with E-state index in [0.717, 1.165) is 29.2 Å². The molecule has 0 unspecified atom stereocenters. The Morgan fingerprint density at radius 2 is 1.93 bits per heavy atom. The van der Waals surface area contributed by atoms with E-state index in [1.54, 1.807) is 0 Å². The second-order valence-electron chi connectivity index (χ2n) is 7.48. The van der Waals surface area contributed by atoms with E-state index in [1.165, 1.54) is 10.9 Å². The number of carbonyl (C=O) groups excluding carboxylic acids is 1. The number of ether oxygens (including phenoxy) is 2. The van der Waals surface area contributed by atoms with Crippen molar-refractivity contribution in [3.05, 3.63) is 59.8 Å². The van der Waals surface area contributed by atoms with Gasteiger partial charge in [0.15, 0.2) is 11.5 Å². The molecule has 4 rings (SSSR count). The van der Waals surface area contributed by atoms with Crippen LogP contribution in [0.1, 0.15) is 44.2 Å². The van der Waals surface area contributed by atoms with Crippen molar-refractivity contribution in [2.75, 3.05) is 6.79 Å². The third-order valence-corrected chi connectivity index (χ3v) is 5.17. The van der Waals surface area contributed by atoms with Gasteiger partial charge in [-0.15, -0.1) is 0 Å². The summed E-state index contributed by atoms with van der Waals surface area (Å²) in [4.78, 5) is 12.7. The van der Waals surface area contributed by atoms with Gasteiger partial charge in [0.25, 0.3) is 0 Å². The minimum atomic E-state index is -0.0639. The Hall–Kier alpha value is -2.95. The van der Waals surface area contributed by atoms with Crippen LogP contribution in [-0.4, -0.2) is 23.3 Å². The number of hydrogen-bond acceptors (Lipinski definition) is 3. The highest BCUT2D eigenvalue weighted by atomic mass is 16.7. The lowest BCUT2D eigenvalue weighted by molar-refractivity contribution is -0.121. The van der Waals surface area contributed by atoms with Crippen molar-refractivity contribution in [3.8, 4) is 11.5 Å². The molecule has 1 aromatic heterocycles. The number of fused-ring (bicyclic) bond motifs is 2. The highest BCUT2D eigenvalue weighted by Gasteiger charge is 2.25. The summed E-state index contributed by atoms with van der Waals surface area (Å²) in [5, 5.41) is 4.22. The lowest BCUT2D eigenvalue weighted by atomic mass is 9.87. The number of aromatic nitrogens is 1. The zero-order valence-electron chi connectivity index (χ0n) is 16.6. The molecule has 2 heterocycles. The second kappa shape index (κ2) is 7.58. The second-order valence-corrected chi connectivity index (χ2v) is 7.48. The van der Waals surface area contributed by atoms with Crippen LogP contribution in [0.3, 0.4) is 0 Å². The van der Waals surface area contributed by atoms with Gasteiger partial charge >= 0.3 is 0 Å². The number of hydrogen-bond donors (Lipinski definition) is 1. The molecule has 5 heteroatoms. The van der Waals surface area contributed by atoms with E-state index in [4.69, 9.17) is 9.47 Å². The van der Waals surface area contributed by atoms with Gasteiger partial charge in [-0.05, 0) is 50.1 Å². The first-order valence-corrected chi connectivity index (χ1v) is 9.83. The van der Waals surface area contributed by atoms with E-state index in [1.807, 2.05) is 32.0 Å². The van der Waals surface area contributed by atoms with Crippen molar-refractivity contribution in [2.45, 2.75) is 45.7 Å². The van der Waals surface area contributed by atoms with Crippen molar-refractivity contribution in [1.82, 2.24) is 9.88 Å². The molecule has 2 aromatic carbocycles. The Kier molecular flexibility index (Phi) is 4.99. The van der Waals surface area contributed by atoms with Gasteiger partial charge in [0, 0.05) is 42.0 Å². The summed E-state index contributed by atoms with van der Waals surface area (Å²) in [5.41, 5.74) is 3.41. The van der Waals surface area contributed by atoms with Crippen molar-refractivity contribution < 1.29 is 14.3 Å². The number of benzene rings is 2. The summed E-state index contributed by atoms with van der Waals surface area (Å²) < 4.78 is 13.3. The van der Waals surface area contributed by atoms with Gasteiger partial charge in [0.1, 0.15) is 0 Å². The number of nitrogens with one attached hydrogen (secondary N) is 1. The largest absolute Gasteiger partial charge is 0.454 e. The fourth-order valence-corrected chi connectivity index (χ4v) is 3.92. The quantitative estimate of drug-likeness (QED) is 0.690. The van der Waals surface area contributed by atoms with E-state index < -0.39 is 0 Å². The summed E-state index contributed by atoms with van der Waals surface area (Å²) in [6, 6.07) is 14.5. The third kappa shape index (κ3) is 3.44. The molecule has 1 N–H and O–H groups in total. The Labute approximate surface area is 165 Å². The van der Waals surface area contributed by atoms with E-state index in [-0.39, 0.29) is 24.7 Å². The normalized spacial score (nSPS) is 13.9. The molecule has 1 atom stereocenters. The zero-order chi connectivity index (χ0) is 19.7.